The molecule has 1 aliphatic carbocycles. The summed E-state index contributed by atoms with van der Waals surface area (Å²) in [5.41, 5.74) is 1.11. The van der Waals surface area contributed by atoms with E-state index in [0.717, 1.165) is 44.1 Å². The van der Waals surface area contributed by atoms with Gasteiger partial charge in [0.05, 0.1) is 0 Å². The number of carbonyl (C=O) groups excluding carboxylic acids is 1. The summed E-state index contributed by atoms with van der Waals surface area (Å²) in [5.74, 6) is 0.681. The summed E-state index contributed by atoms with van der Waals surface area (Å²) in [7, 11) is 0. The van der Waals surface area contributed by atoms with Gasteiger partial charge in [0, 0.05) is 39.1 Å². The van der Waals surface area contributed by atoms with Crippen LogP contribution in [0.2, 0.25) is 0 Å². The number of piperazine rings is 1. The third kappa shape index (κ3) is 5.52. The molecule has 2 aliphatic rings. The fourth-order valence-corrected chi connectivity index (χ4v) is 3.14. The molecular weight excluding hydrogens is 351 g/mol. The Morgan fingerprint density at radius 1 is 1.33 bits per heavy atom. The molecule has 3 rings (SSSR count). The van der Waals surface area contributed by atoms with Gasteiger partial charge >= 0.3 is 5.97 Å². The molecule has 5 nitrogen and oxygen atoms in total. The maximum atomic E-state index is 11.0. The van der Waals surface area contributed by atoms with Crippen molar-refractivity contribution < 1.29 is 14.6 Å². The zero-order valence-corrected chi connectivity index (χ0v) is 15.5. The first kappa shape index (κ1) is 21.0. The number of ether oxygens (including phenoxy) is 1. The number of hydrogen-bond acceptors (Lipinski definition) is 5. The van der Waals surface area contributed by atoms with Crippen LogP contribution in [-0.4, -0.2) is 42.2 Å². The molecule has 1 atom stereocenters. The Morgan fingerprint density at radius 3 is 2.54 bits per heavy atom. The fourth-order valence-electron chi connectivity index (χ4n) is 3.14. The lowest BCUT2D eigenvalue weighted by molar-refractivity contribution is -0.132. The smallest absolute Gasteiger partial charge is 0.308 e. The molecular formula is C17H26Cl2N2O3. The molecule has 1 saturated carbocycles. The van der Waals surface area contributed by atoms with Crippen LogP contribution in [0.25, 0.3) is 0 Å². The number of esters is 1. The lowest BCUT2D eigenvalue weighted by Crippen LogP contribution is -2.45. The van der Waals surface area contributed by atoms with Crippen LogP contribution in [0, 0.1) is 5.92 Å². The topological polar surface area (TPSA) is 61.8 Å². The normalized spacial score (nSPS) is 18.9. The van der Waals surface area contributed by atoms with Crippen LogP contribution < -0.4 is 10.1 Å². The predicted molar refractivity (Wildman–Crippen MR) is 98.4 cm³/mol. The Morgan fingerprint density at radius 2 is 2.00 bits per heavy atom. The number of phenolic OH excluding ortho intramolecular Hbond substituents is 1. The van der Waals surface area contributed by atoms with Crippen LogP contribution in [-0.2, 0) is 4.79 Å². The summed E-state index contributed by atoms with van der Waals surface area (Å²) in [5, 5.41) is 13.5. The van der Waals surface area contributed by atoms with Crippen LogP contribution in [0.1, 0.15) is 37.8 Å². The molecule has 0 bridgehead atoms. The quantitative estimate of drug-likeness (QED) is 0.610. The van der Waals surface area contributed by atoms with Gasteiger partial charge in [-0.2, -0.15) is 0 Å². The highest BCUT2D eigenvalue weighted by atomic mass is 35.5. The average molecular weight is 377 g/mol. The van der Waals surface area contributed by atoms with E-state index in [9.17, 15) is 9.90 Å². The molecule has 2 fully saturated rings. The molecule has 0 amide bonds. The molecule has 24 heavy (non-hydrogen) atoms. The maximum absolute atomic E-state index is 11.0. The van der Waals surface area contributed by atoms with E-state index in [0.29, 0.717) is 6.04 Å². The second kappa shape index (κ2) is 9.47. The van der Waals surface area contributed by atoms with Crippen LogP contribution in [0.3, 0.4) is 0 Å². The van der Waals surface area contributed by atoms with E-state index in [2.05, 4.69) is 10.2 Å². The van der Waals surface area contributed by atoms with Crippen molar-refractivity contribution in [2.24, 2.45) is 5.92 Å². The number of aromatic hydroxyl groups is 1. The van der Waals surface area contributed by atoms with Crippen molar-refractivity contribution in [1.29, 1.82) is 0 Å². The Balaban J connectivity index is 0.00000144. The number of rotatable bonds is 5. The molecule has 1 aromatic carbocycles. The summed E-state index contributed by atoms with van der Waals surface area (Å²) in [6.07, 6.45) is 3.78. The lowest BCUT2D eigenvalue weighted by Gasteiger charge is -2.35. The standard InChI is InChI=1S/C17H24N2O3.2ClH/c1-12(20)22-17-5-4-14(11-16(17)21)15(10-13-2-3-13)19-8-6-18-7-9-19;;/h4-5,11,13,15,18,21H,2-3,6-10H2,1H3;2*1H/t15-;;/m0../s1. The Bertz CT molecular complexity index is 547. The average Bonchev–Trinajstić information content (AvgIpc) is 3.32. The maximum Gasteiger partial charge on any atom is 0.308 e. The zero-order chi connectivity index (χ0) is 15.5. The van der Waals surface area contributed by atoms with Gasteiger partial charge < -0.3 is 15.2 Å². The first-order valence-corrected chi connectivity index (χ1v) is 8.09. The summed E-state index contributed by atoms with van der Waals surface area (Å²) in [6.45, 7) is 5.43. The summed E-state index contributed by atoms with van der Waals surface area (Å²) in [6, 6.07) is 5.78. The summed E-state index contributed by atoms with van der Waals surface area (Å²) < 4.78 is 5.01. The van der Waals surface area contributed by atoms with Crippen LogP contribution in [0.15, 0.2) is 18.2 Å². The van der Waals surface area contributed by atoms with Gasteiger partial charge in [-0.15, -0.1) is 24.8 Å². The molecule has 0 radical (unpaired) electrons. The predicted octanol–water partition coefficient (Wildman–Crippen LogP) is 2.91. The van der Waals surface area contributed by atoms with E-state index >= 15 is 0 Å². The molecule has 7 heteroatoms. The molecule has 1 aromatic rings. The van der Waals surface area contributed by atoms with Crippen molar-refractivity contribution in [1.82, 2.24) is 10.2 Å². The van der Waals surface area contributed by atoms with Crippen molar-refractivity contribution >= 4 is 30.8 Å². The summed E-state index contributed by atoms with van der Waals surface area (Å²) >= 11 is 0. The molecule has 1 aliphatic heterocycles. The molecule has 0 spiro atoms. The van der Waals surface area contributed by atoms with Gasteiger partial charge in [-0.25, -0.2) is 0 Å². The van der Waals surface area contributed by atoms with Gasteiger partial charge in [-0.1, -0.05) is 18.9 Å². The number of benzene rings is 1. The highest BCUT2D eigenvalue weighted by Crippen LogP contribution is 2.41. The third-order valence-corrected chi connectivity index (χ3v) is 4.47. The van der Waals surface area contributed by atoms with Gasteiger partial charge in [0.15, 0.2) is 11.5 Å². The highest BCUT2D eigenvalue weighted by Gasteiger charge is 2.30. The van der Waals surface area contributed by atoms with Gasteiger partial charge in [0.2, 0.25) is 0 Å². The van der Waals surface area contributed by atoms with Crippen molar-refractivity contribution in [3.63, 3.8) is 0 Å². The second-order valence-electron chi connectivity index (χ2n) is 6.30. The van der Waals surface area contributed by atoms with Crippen LogP contribution in [0.5, 0.6) is 11.5 Å². The first-order valence-electron chi connectivity index (χ1n) is 8.09. The molecule has 2 N–H and O–H groups in total. The summed E-state index contributed by atoms with van der Waals surface area (Å²) in [4.78, 5) is 13.5. The third-order valence-electron chi connectivity index (χ3n) is 4.47. The Labute approximate surface area is 155 Å². The molecule has 0 unspecified atom stereocenters. The molecule has 1 saturated heterocycles. The zero-order valence-electron chi connectivity index (χ0n) is 13.9. The van der Waals surface area contributed by atoms with E-state index in [1.807, 2.05) is 6.07 Å². The first-order chi connectivity index (χ1) is 10.6. The van der Waals surface area contributed by atoms with E-state index in [1.165, 1.54) is 19.8 Å². The molecule has 136 valence electrons. The largest absolute Gasteiger partial charge is 0.504 e. The van der Waals surface area contributed by atoms with E-state index in [1.54, 1.807) is 12.1 Å². The number of halogens is 2. The van der Waals surface area contributed by atoms with E-state index < -0.39 is 5.97 Å². The van der Waals surface area contributed by atoms with Gasteiger partial charge in [0.1, 0.15) is 0 Å². The second-order valence-corrected chi connectivity index (χ2v) is 6.30. The van der Waals surface area contributed by atoms with Gasteiger partial charge in [-0.05, 0) is 30.0 Å². The number of phenols is 1. The Hall–Kier alpha value is -1.01. The number of nitrogens with zero attached hydrogens (tertiary/aromatic N) is 1. The SMILES string of the molecule is CC(=O)Oc1ccc([C@H](CC2CC2)N2CCNCC2)cc1O.Cl.Cl. The minimum absolute atomic E-state index is 0. The lowest BCUT2D eigenvalue weighted by atomic mass is 9.98. The van der Waals surface area contributed by atoms with Crippen molar-refractivity contribution in [3.8, 4) is 11.5 Å². The fraction of sp³-hybridized carbons (Fsp3) is 0.588. The van der Waals surface area contributed by atoms with Crippen molar-refractivity contribution in [3.05, 3.63) is 23.8 Å². The number of nitrogens with one attached hydrogen (secondary N) is 1. The monoisotopic (exact) mass is 376 g/mol. The number of hydrogen-bond donors (Lipinski definition) is 2. The minimum Gasteiger partial charge on any atom is -0.504 e. The van der Waals surface area contributed by atoms with Gasteiger partial charge in [0.25, 0.3) is 0 Å². The van der Waals surface area contributed by atoms with E-state index in [4.69, 9.17) is 4.74 Å². The highest BCUT2D eigenvalue weighted by molar-refractivity contribution is 5.85. The Kier molecular flexibility index (Phi) is 8.30. The van der Waals surface area contributed by atoms with Gasteiger partial charge in [-0.3, -0.25) is 9.69 Å². The number of carbonyl (C=O) groups is 1. The van der Waals surface area contributed by atoms with Crippen LogP contribution in [0.4, 0.5) is 0 Å². The van der Waals surface area contributed by atoms with E-state index in [-0.39, 0.29) is 36.3 Å². The van der Waals surface area contributed by atoms with Crippen LogP contribution >= 0.6 is 24.8 Å². The molecule has 1 heterocycles. The van der Waals surface area contributed by atoms with Crippen molar-refractivity contribution in [2.75, 3.05) is 26.2 Å². The van der Waals surface area contributed by atoms with Crippen molar-refractivity contribution in [2.45, 2.75) is 32.2 Å². The minimum atomic E-state index is -0.417. The molecule has 0 aromatic heterocycles.